The number of hydrogen-bond acceptors (Lipinski definition) is 2. The van der Waals surface area contributed by atoms with E-state index < -0.39 is 0 Å². The van der Waals surface area contributed by atoms with Gasteiger partial charge in [-0.25, -0.2) is 0 Å². The molecule has 0 bridgehead atoms. The van der Waals surface area contributed by atoms with Crippen molar-refractivity contribution < 1.29 is 9.59 Å². The van der Waals surface area contributed by atoms with Crippen LogP contribution in [0.2, 0.25) is 0 Å². The lowest BCUT2D eigenvalue weighted by atomic mass is 10.1. The number of carbonyl (C=O) groups is 2. The Kier molecular flexibility index (Phi) is 2.63. The first kappa shape index (κ1) is 11.0. The van der Waals surface area contributed by atoms with Gasteiger partial charge < -0.3 is 5.32 Å². The molecule has 0 saturated carbocycles. The molecule has 0 fully saturated rings. The molecule has 92 valence electrons. The van der Waals surface area contributed by atoms with E-state index in [9.17, 15) is 9.59 Å². The Balaban J connectivity index is 1.97. The first-order chi connectivity index (χ1) is 8.75. The second-order valence-electron chi connectivity index (χ2n) is 4.58. The summed E-state index contributed by atoms with van der Waals surface area (Å²) in [6, 6.07) is 7.40. The molecule has 0 spiro atoms. The van der Waals surface area contributed by atoms with Crippen molar-refractivity contribution in [3.05, 3.63) is 35.9 Å². The molecular formula is C14H14N2O2. The molecule has 1 heterocycles. The maximum Gasteiger partial charge on any atom is 0.254 e. The number of para-hydroxylation sites is 2. The number of nitrogens with zero attached hydrogens (tertiary/aromatic N) is 1. The molecule has 4 nitrogen and oxygen atoms in total. The van der Waals surface area contributed by atoms with E-state index in [-0.39, 0.29) is 18.4 Å². The largest absolute Gasteiger partial charge is 0.323 e. The Morgan fingerprint density at radius 1 is 1.28 bits per heavy atom. The van der Waals surface area contributed by atoms with Crippen LogP contribution in [0.1, 0.15) is 19.3 Å². The summed E-state index contributed by atoms with van der Waals surface area (Å²) in [7, 11) is 0. The van der Waals surface area contributed by atoms with Crippen LogP contribution in [0.25, 0.3) is 0 Å². The van der Waals surface area contributed by atoms with Crippen molar-refractivity contribution in [3.8, 4) is 0 Å². The van der Waals surface area contributed by atoms with E-state index in [0.29, 0.717) is 5.69 Å². The highest BCUT2D eigenvalue weighted by Crippen LogP contribution is 2.31. The zero-order valence-corrected chi connectivity index (χ0v) is 9.98. The zero-order chi connectivity index (χ0) is 12.5. The molecule has 0 unspecified atom stereocenters. The molecule has 2 amide bonds. The quantitative estimate of drug-likeness (QED) is 0.819. The van der Waals surface area contributed by atoms with Gasteiger partial charge in [-0.1, -0.05) is 18.2 Å². The van der Waals surface area contributed by atoms with Crippen LogP contribution in [0.3, 0.4) is 0 Å². The lowest BCUT2D eigenvalue weighted by molar-refractivity contribution is -0.119. The van der Waals surface area contributed by atoms with Crippen molar-refractivity contribution in [1.82, 2.24) is 0 Å². The molecule has 0 aromatic heterocycles. The number of nitrogens with one attached hydrogen (secondary N) is 1. The second-order valence-corrected chi connectivity index (χ2v) is 4.58. The first-order valence-electron chi connectivity index (χ1n) is 6.15. The van der Waals surface area contributed by atoms with E-state index in [0.717, 1.165) is 30.5 Å². The van der Waals surface area contributed by atoms with Crippen molar-refractivity contribution in [1.29, 1.82) is 0 Å². The number of hydrogen-bond donors (Lipinski definition) is 1. The number of anilines is 2. The van der Waals surface area contributed by atoms with E-state index in [1.807, 2.05) is 30.3 Å². The Hall–Kier alpha value is -2.10. The standard InChI is InChI=1S/C14H14N2O2/c17-13-9-16(14(18)10-5-1-2-6-10)12-8-4-3-7-11(12)15-13/h3-5,7-8H,1-2,6,9H2,(H,15,17). The molecule has 1 aromatic carbocycles. The van der Waals surface area contributed by atoms with Gasteiger partial charge in [-0.15, -0.1) is 0 Å². The third-order valence-corrected chi connectivity index (χ3v) is 3.33. The monoisotopic (exact) mass is 242 g/mol. The summed E-state index contributed by atoms with van der Waals surface area (Å²) in [4.78, 5) is 25.6. The zero-order valence-electron chi connectivity index (χ0n) is 9.98. The summed E-state index contributed by atoms with van der Waals surface area (Å²) in [6.07, 6.45) is 4.79. The number of carbonyl (C=O) groups excluding carboxylic acids is 2. The van der Waals surface area contributed by atoms with Crippen molar-refractivity contribution in [2.24, 2.45) is 0 Å². The van der Waals surface area contributed by atoms with Crippen LogP contribution in [0.5, 0.6) is 0 Å². The fraction of sp³-hybridized carbons (Fsp3) is 0.286. The van der Waals surface area contributed by atoms with Crippen molar-refractivity contribution in [2.45, 2.75) is 19.3 Å². The Bertz CT molecular complexity index is 548. The van der Waals surface area contributed by atoms with Gasteiger partial charge in [-0.3, -0.25) is 14.5 Å². The summed E-state index contributed by atoms with van der Waals surface area (Å²) in [5, 5.41) is 2.78. The van der Waals surface area contributed by atoms with Gasteiger partial charge in [0.1, 0.15) is 6.54 Å². The van der Waals surface area contributed by atoms with E-state index in [1.54, 1.807) is 4.90 Å². The van der Waals surface area contributed by atoms with Crippen molar-refractivity contribution in [3.63, 3.8) is 0 Å². The fourth-order valence-corrected chi connectivity index (χ4v) is 2.45. The van der Waals surface area contributed by atoms with Gasteiger partial charge in [-0.05, 0) is 31.4 Å². The minimum Gasteiger partial charge on any atom is -0.323 e. The third kappa shape index (κ3) is 1.79. The average molecular weight is 242 g/mol. The van der Waals surface area contributed by atoms with Gasteiger partial charge in [0, 0.05) is 5.57 Å². The topological polar surface area (TPSA) is 49.4 Å². The lowest BCUT2D eigenvalue weighted by Crippen LogP contribution is -2.42. The summed E-state index contributed by atoms with van der Waals surface area (Å²) in [5.74, 6) is -0.171. The minimum absolute atomic E-state index is 0.0326. The molecule has 0 atom stereocenters. The number of fused-ring (bicyclic) bond motifs is 1. The van der Waals surface area contributed by atoms with Crippen LogP contribution in [0, 0.1) is 0 Å². The predicted octanol–water partition coefficient (Wildman–Crippen LogP) is 2.08. The Morgan fingerprint density at radius 2 is 2.11 bits per heavy atom. The maximum atomic E-state index is 12.4. The highest BCUT2D eigenvalue weighted by atomic mass is 16.2. The van der Waals surface area contributed by atoms with Crippen LogP contribution in [-0.4, -0.2) is 18.4 Å². The highest BCUT2D eigenvalue weighted by molar-refractivity contribution is 6.14. The van der Waals surface area contributed by atoms with Crippen LogP contribution in [0.4, 0.5) is 11.4 Å². The molecule has 18 heavy (non-hydrogen) atoms. The summed E-state index contributed by atoms with van der Waals surface area (Å²) < 4.78 is 0. The molecule has 3 rings (SSSR count). The van der Waals surface area contributed by atoms with E-state index in [1.165, 1.54) is 0 Å². The molecule has 4 heteroatoms. The van der Waals surface area contributed by atoms with E-state index in [4.69, 9.17) is 0 Å². The molecule has 0 radical (unpaired) electrons. The van der Waals surface area contributed by atoms with Crippen LogP contribution in [-0.2, 0) is 9.59 Å². The number of allylic oxidation sites excluding steroid dienone is 1. The lowest BCUT2D eigenvalue weighted by Gasteiger charge is -2.29. The van der Waals surface area contributed by atoms with E-state index in [2.05, 4.69) is 5.32 Å². The fourth-order valence-electron chi connectivity index (χ4n) is 2.45. The first-order valence-corrected chi connectivity index (χ1v) is 6.15. The SMILES string of the molecule is O=C1CN(C(=O)C2=CCCC2)c2ccccc2N1. The summed E-state index contributed by atoms with van der Waals surface area (Å²) in [6.45, 7) is 0.104. The van der Waals surface area contributed by atoms with Gasteiger partial charge in [0.15, 0.2) is 0 Å². The van der Waals surface area contributed by atoms with Crippen molar-refractivity contribution >= 4 is 23.2 Å². The molecule has 1 aliphatic carbocycles. The Morgan fingerprint density at radius 3 is 2.89 bits per heavy atom. The van der Waals surface area contributed by atoms with Gasteiger partial charge >= 0.3 is 0 Å². The molecule has 0 saturated heterocycles. The van der Waals surface area contributed by atoms with Crippen LogP contribution in [0.15, 0.2) is 35.9 Å². The molecule has 1 aromatic rings. The van der Waals surface area contributed by atoms with Gasteiger partial charge in [-0.2, -0.15) is 0 Å². The minimum atomic E-state index is -0.138. The van der Waals surface area contributed by atoms with Crippen LogP contribution >= 0.6 is 0 Å². The normalized spacial score (nSPS) is 18.1. The van der Waals surface area contributed by atoms with E-state index >= 15 is 0 Å². The van der Waals surface area contributed by atoms with Gasteiger partial charge in [0.2, 0.25) is 5.91 Å². The molecule has 1 aliphatic heterocycles. The number of benzene rings is 1. The van der Waals surface area contributed by atoms with Gasteiger partial charge in [0.25, 0.3) is 5.91 Å². The van der Waals surface area contributed by atoms with Gasteiger partial charge in [0.05, 0.1) is 11.4 Å². The van der Waals surface area contributed by atoms with Crippen molar-refractivity contribution in [2.75, 3.05) is 16.8 Å². The average Bonchev–Trinajstić information content (AvgIpc) is 2.90. The Labute approximate surface area is 105 Å². The third-order valence-electron chi connectivity index (χ3n) is 3.33. The second kappa shape index (κ2) is 4.29. The highest BCUT2D eigenvalue weighted by Gasteiger charge is 2.28. The molecule has 2 aliphatic rings. The predicted molar refractivity (Wildman–Crippen MR) is 69.4 cm³/mol. The van der Waals surface area contributed by atoms with Crippen LogP contribution < -0.4 is 10.2 Å². The number of rotatable bonds is 1. The summed E-state index contributed by atoms with van der Waals surface area (Å²) >= 11 is 0. The maximum absolute atomic E-state index is 12.4. The molecule has 1 N–H and O–H groups in total. The molecular weight excluding hydrogens is 228 g/mol. The number of amides is 2. The summed E-state index contributed by atoms with van der Waals surface area (Å²) in [5.41, 5.74) is 2.33. The smallest absolute Gasteiger partial charge is 0.254 e.